The average molecular weight is 476 g/mol. The SMILES string of the molecule is NC(=O)c1cc(C(F)(F)F)n(CC(=O)N(CC(=O)NCc2cccc(Cl)c2F)C2CC2)n1. The monoisotopic (exact) mass is 475 g/mol. The minimum Gasteiger partial charge on any atom is -0.364 e. The van der Waals surface area contributed by atoms with Crippen molar-refractivity contribution in [3.05, 3.63) is 52.1 Å². The first-order valence-corrected chi connectivity index (χ1v) is 9.79. The molecule has 3 amide bonds. The zero-order valence-electron chi connectivity index (χ0n) is 16.5. The highest BCUT2D eigenvalue weighted by molar-refractivity contribution is 6.30. The van der Waals surface area contributed by atoms with E-state index >= 15 is 0 Å². The van der Waals surface area contributed by atoms with E-state index in [0.717, 1.165) is 4.90 Å². The molecule has 32 heavy (non-hydrogen) atoms. The van der Waals surface area contributed by atoms with Gasteiger partial charge in [-0.3, -0.25) is 19.1 Å². The van der Waals surface area contributed by atoms with Crippen LogP contribution in [0.3, 0.4) is 0 Å². The molecule has 1 aromatic heterocycles. The molecule has 2 aromatic rings. The number of primary amides is 1. The third-order valence-corrected chi connectivity index (χ3v) is 5.03. The van der Waals surface area contributed by atoms with Crippen molar-refractivity contribution >= 4 is 29.3 Å². The van der Waals surface area contributed by atoms with Gasteiger partial charge in [0.15, 0.2) is 5.69 Å². The molecule has 3 N–H and O–H groups in total. The molecule has 1 fully saturated rings. The second-order valence-electron chi connectivity index (χ2n) is 7.18. The summed E-state index contributed by atoms with van der Waals surface area (Å²) in [5.41, 5.74) is 3.19. The molecule has 1 aliphatic rings. The van der Waals surface area contributed by atoms with Crippen LogP contribution in [0.25, 0.3) is 0 Å². The zero-order chi connectivity index (χ0) is 23.6. The molecule has 0 spiro atoms. The molecule has 0 unspecified atom stereocenters. The third-order valence-electron chi connectivity index (χ3n) is 4.74. The lowest BCUT2D eigenvalue weighted by molar-refractivity contribution is -0.146. The summed E-state index contributed by atoms with van der Waals surface area (Å²) in [4.78, 5) is 37.3. The molecule has 1 heterocycles. The number of halogens is 5. The van der Waals surface area contributed by atoms with Crippen molar-refractivity contribution in [2.75, 3.05) is 6.54 Å². The Labute approximate surface area is 184 Å². The van der Waals surface area contributed by atoms with Gasteiger partial charge in [-0.15, -0.1) is 0 Å². The second kappa shape index (κ2) is 9.15. The van der Waals surface area contributed by atoms with Crippen LogP contribution in [0, 0.1) is 5.82 Å². The molecule has 172 valence electrons. The van der Waals surface area contributed by atoms with Gasteiger partial charge < -0.3 is 16.0 Å². The van der Waals surface area contributed by atoms with Gasteiger partial charge in [0.05, 0.1) is 11.6 Å². The Bertz CT molecular complexity index is 1050. The number of nitrogens with two attached hydrogens (primary N) is 1. The van der Waals surface area contributed by atoms with E-state index in [1.54, 1.807) is 0 Å². The Morgan fingerprint density at radius 3 is 2.56 bits per heavy atom. The third kappa shape index (κ3) is 5.55. The van der Waals surface area contributed by atoms with Crippen LogP contribution in [0.4, 0.5) is 17.6 Å². The molecule has 13 heteroatoms. The lowest BCUT2D eigenvalue weighted by Gasteiger charge is -2.22. The van der Waals surface area contributed by atoms with Gasteiger partial charge >= 0.3 is 6.18 Å². The van der Waals surface area contributed by atoms with E-state index in [9.17, 15) is 31.9 Å². The summed E-state index contributed by atoms with van der Waals surface area (Å²) in [6.45, 7) is -1.46. The molecule has 1 aromatic carbocycles. The maximum atomic E-state index is 13.9. The van der Waals surface area contributed by atoms with Crippen molar-refractivity contribution in [2.45, 2.75) is 38.1 Å². The number of rotatable bonds is 8. The molecule has 0 radical (unpaired) electrons. The summed E-state index contributed by atoms with van der Waals surface area (Å²) < 4.78 is 54.0. The van der Waals surface area contributed by atoms with E-state index in [1.807, 2.05) is 0 Å². The minimum atomic E-state index is -4.87. The first-order valence-electron chi connectivity index (χ1n) is 9.41. The predicted octanol–water partition coefficient (Wildman–Crippen LogP) is 2.10. The first kappa shape index (κ1) is 23.5. The number of aromatic nitrogens is 2. The van der Waals surface area contributed by atoms with Crippen LogP contribution < -0.4 is 11.1 Å². The molecule has 0 atom stereocenters. The molecule has 8 nitrogen and oxygen atoms in total. The Hall–Kier alpha value is -3.15. The number of hydrogen-bond donors (Lipinski definition) is 2. The van der Waals surface area contributed by atoms with Gasteiger partial charge in [0.25, 0.3) is 5.91 Å². The van der Waals surface area contributed by atoms with Gasteiger partial charge in [0.2, 0.25) is 11.8 Å². The smallest absolute Gasteiger partial charge is 0.364 e. The van der Waals surface area contributed by atoms with Crippen molar-refractivity contribution in [1.29, 1.82) is 0 Å². The van der Waals surface area contributed by atoms with Gasteiger partial charge in [-0.25, -0.2) is 4.39 Å². The summed E-state index contributed by atoms with van der Waals surface area (Å²) >= 11 is 5.69. The van der Waals surface area contributed by atoms with Crippen molar-refractivity contribution in [1.82, 2.24) is 20.0 Å². The zero-order valence-corrected chi connectivity index (χ0v) is 17.2. The molecule has 1 saturated carbocycles. The standard InChI is InChI=1S/C19H18ClF4N5O3/c20-12-3-1-2-10(17(12)21)7-26-15(30)8-28(11-4-5-11)16(31)9-29-14(19(22,23)24)6-13(27-29)18(25)32/h1-3,6,11H,4-5,7-9H2,(H2,25,32)(H,26,30). The van der Waals surface area contributed by atoms with Crippen molar-refractivity contribution in [3.8, 4) is 0 Å². The van der Waals surface area contributed by atoms with Gasteiger partial charge in [0.1, 0.15) is 18.1 Å². The van der Waals surface area contributed by atoms with E-state index in [2.05, 4.69) is 10.4 Å². The van der Waals surface area contributed by atoms with E-state index in [-0.39, 0.29) is 23.2 Å². The van der Waals surface area contributed by atoms with Crippen LogP contribution in [0.1, 0.15) is 34.6 Å². The summed E-state index contributed by atoms with van der Waals surface area (Å²) in [5.74, 6) is -3.28. The van der Waals surface area contributed by atoms with Crippen LogP contribution in [0.5, 0.6) is 0 Å². The molecule has 1 aliphatic carbocycles. The summed E-state index contributed by atoms with van der Waals surface area (Å²) in [7, 11) is 0. The number of amides is 3. The number of alkyl halides is 3. The topological polar surface area (TPSA) is 110 Å². The Kier molecular flexibility index (Phi) is 6.72. The van der Waals surface area contributed by atoms with Crippen LogP contribution >= 0.6 is 11.6 Å². The normalized spacial score (nSPS) is 13.7. The highest BCUT2D eigenvalue weighted by Crippen LogP contribution is 2.31. The lowest BCUT2D eigenvalue weighted by atomic mass is 10.2. The lowest BCUT2D eigenvalue weighted by Crippen LogP contribution is -2.43. The molecular weight excluding hydrogens is 458 g/mol. The van der Waals surface area contributed by atoms with E-state index in [0.29, 0.717) is 23.6 Å². The van der Waals surface area contributed by atoms with Gasteiger partial charge in [-0.1, -0.05) is 23.7 Å². The van der Waals surface area contributed by atoms with Gasteiger partial charge in [0, 0.05) is 24.2 Å². The average Bonchev–Trinajstić information content (AvgIpc) is 3.44. The number of benzene rings is 1. The fourth-order valence-corrected chi connectivity index (χ4v) is 3.20. The van der Waals surface area contributed by atoms with E-state index < -0.39 is 54.2 Å². The van der Waals surface area contributed by atoms with Crippen molar-refractivity contribution < 1.29 is 31.9 Å². The molecule has 0 saturated heterocycles. The van der Waals surface area contributed by atoms with Gasteiger partial charge in [-0.05, 0) is 18.9 Å². The number of hydrogen-bond acceptors (Lipinski definition) is 4. The first-order chi connectivity index (χ1) is 15.0. The molecular formula is C19H18ClF4N5O3. The summed E-state index contributed by atoms with van der Waals surface area (Å²) in [5, 5.41) is 5.82. The van der Waals surface area contributed by atoms with Crippen LogP contribution in [-0.2, 0) is 28.9 Å². The fourth-order valence-electron chi connectivity index (χ4n) is 3.00. The highest BCUT2D eigenvalue weighted by atomic mass is 35.5. The number of nitrogens with zero attached hydrogens (tertiary/aromatic N) is 3. The molecule has 3 rings (SSSR count). The number of carbonyl (C=O) groups excluding carboxylic acids is 3. The largest absolute Gasteiger partial charge is 0.433 e. The quantitative estimate of drug-likeness (QED) is 0.570. The second-order valence-corrected chi connectivity index (χ2v) is 7.58. The van der Waals surface area contributed by atoms with Crippen LogP contribution in [0.15, 0.2) is 24.3 Å². The van der Waals surface area contributed by atoms with Gasteiger partial charge in [-0.2, -0.15) is 18.3 Å². The van der Waals surface area contributed by atoms with Crippen LogP contribution in [-0.4, -0.2) is 45.0 Å². The Balaban J connectivity index is 1.68. The maximum Gasteiger partial charge on any atom is 0.433 e. The fraction of sp³-hybridized carbons (Fsp3) is 0.368. The van der Waals surface area contributed by atoms with E-state index in [1.165, 1.54) is 18.2 Å². The summed E-state index contributed by atoms with van der Waals surface area (Å²) in [6.07, 6.45) is -3.71. The maximum absolute atomic E-state index is 13.9. The molecule has 0 bridgehead atoms. The van der Waals surface area contributed by atoms with Crippen LogP contribution in [0.2, 0.25) is 5.02 Å². The highest BCUT2D eigenvalue weighted by Gasteiger charge is 2.39. The Morgan fingerprint density at radius 1 is 1.28 bits per heavy atom. The molecule has 0 aliphatic heterocycles. The summed E-state index contributed by atoms with van der Waals surface area (Å²) in [6, 6.07) is 4.44. The van der Waals surface area contributed by atoms with Crippen molar-refractivity contribution in [3.63, 3.8) is 0 Å². The Morgan fingerprint density at radius 2 is 1.97 bits per heavy atom. The van der Waals surface area contributed by atoms with E-state index in [4.69, 9.17) is 17.3 Å². The number of carbonyl (C=O) groups is 3. The van der Waals surface area contributed by atoms with Crippen molar-refractivity contribution in [2.24, 2.45) is 5.73 Å². The minimum absolute atomic E-state index is 0.110. The number of nitrogens with one attached hydrogen (secondary N) is 1. The predicted molar refractivity (Wildman–Crippen MR) is 104 cm³/mol.